The highest BCUT2D eigenvalue weighted by atomic mass is 32.2. The molecule has 0 saturated heterocycles. The van der Waals surface area contributed by atoms with Crippen LogP contribution in [0.25, 0.3) is 0 Å². The molecule has 0 bridgehead atoms. The van der Waals surface area contributed by atoms with Gasteiger partial charge in [-0.2, -0.15) is 4.31 Å². The molecule has 0 heterocycles. The average molecular weight is 237 g/mol. The van der Waals surface area contributed by atoms with Crippen molar-refractivity contribution in [1.82, 2.24) is 4.31 Å². The smallest absolute Gasteiger partial charge is 0.303 e. The second-order valence-corrected chi connectivity index (χ2v) is 5.81. The molecule has 0 aromatic rings. The zero-order chi connectivity index (χ0) is 12.1. The molecule has 0 amide bonds. The van der Waals surface area contributed by atoms with Crippen molar-refractivity contribution in [2.75, 3.05) is 12.3 Å². The van der Waals surface area contributed by atoms with E-state index in [2.05, 4.69) is 0 Å². The number of sulfonamides is 1. The number of hydrogen-bond donors (Lipinski definition) is 1. The first-order chi connectivity index (χ1) is 6.81. The van der Waals surface area contributed by atoms with Crippen LogP contribution in [0.5, 0.6) is 0 Å². The van der Waals surface area contributed by atoms with Crippen LogP contribution in [0.3, 0.4) is 0 Å². The molecule has 0 aliphatic heterocycles. The Kier molecular flexibility index (Phi) is 5.82. The van der Waals surface area contributed by atoms with Gasteiger partial charge in [0.05, 0.1) is 5.75 Å². The predicted molar refractivity (Wildman–Crippen MR) is 58.2 cm³/mol. The van der Waals surface area contributed by atoms with Gasteiger partial charge < -0.3 is 5.11 Å². The van der Waals surface area contributed by atoms with E-state index in [1.54, 1.807) is 20.8 Å². The summed E-state index contributed by atoms with van der Waals surface area (Å²) in [5.74, 6) is -0.842. The van der Waals surface area contributed by atoms with Crippen molar-refractivity contribution in [3.8, 4) is 0 Å². The van der Waals surface area contributed by atoms with Gasteiger partial charge in [-0.25, -0.2) is 8.42 Å². The zero-order valence-corrected chi connectivity index (χ0v) is 10.2. The largest absolute Gasteiger partial charge is 0.481 e. The molecule has 0 radical (unpaired) electrons. The predicted octanol–water partition coefficient (Wildman–Crippen LogP) is 0.911. The maximum Gasteiger partial charge on any atom is 0.303 e. The Balaban J connectivity index is 4.37. The molecule has 5 nitrogen and oxygen atoms in total. The summed E-state index contributed by atoms with van der Waals surface area (Å²) < 4.78 is 24.5. The van der Waals surface area contributed by atoms with Crippen LogP contribution < -0.4 is 0 Å². The van der Waals surface area contributed by atoms with E-state index in [9.17, 15) is 13.2 Å². The van der Waals surface area contributed by atoms with Gasteiger partial charge in [-0.1, -0.05) is 0 Å². The first-order valence-electron chi connectivity index (χ1n) is 5.02. The number of aliphatic carboxylic acids is 1. The van der Waals surface area contributed by atoms with Crippen LogP contribution in [0.1, 0.15) is 33.6 Å². The summed E-state index contributed by atoms with van der Waals surface area (Å²) in [4.78, 5) is 10.3. The summed E-state index contributed by atoms with van der Waals surface area (Å²) in [6, 6.07) is -0.122. The highest BCUT2D eigenvalue weighted by Crippen LogP contribution is 2.09. The van der Waals surface area contributed by atoms with Crippen molar-refractivity contribution in [2.24, 2.45) is 0 Å². The fourth-order valence-corrected chi connectivity index (χ4v) is 2.65. The third kappa shape index (κ3) is 5.13. The second kappa shape index (κ2) is 6.07. The molecular weight excluding hydrogens is 218 g/mol. The second-order valence-electron chi connectivity index (χ2n) is 3.60. The lowest BCUT2D eigenvalue weighted by atomic mass is 10.3. The molecule has 90 valence electrons. The Morgan fingerprint density at radius 1 is 1.40 bits per heavy atom. The van der Waals surface area contributed by atoms with Crippen LogP contribution in [0, 0.1) is 0 Å². The fraction of sp³-hybridized carbons (Fsp3) is 0.889. The van der Waals surface area contributed by atoms with E-state index in [-0.39, 0.29) is 24.8 Å². The lowest BCUT2D eigenvalue weighted by Gasteiger charge is -2.24. The van der Waals surface area contributed by atoms with Crippen LogP contribution >= 0.6 is 0 Å². The van der Waals surface area contributed by atoms with Crippen LogP contribution in [0.2, 0.25) is 0 Å². The lowest BCUT2D eigenvalue weighted by molar-refractivity contribution is -0.137. The van der Waals surface area contributed by atoms with Gasteiger partial charge in [0.15, 0.2) is 0 Å². The van der Waals surface area contributed by atoms with Gasteiger partial charge in [-0.05, 0) is 27.2 Å². The Bertz CT molecular complexity index is 297. The molecule has 0 aliphatic carbocycles. The summed E-state index contributed by atoms with van der Waals surface area (Å²) in [5, 5.41) is 8.46. The van der Waals surface area contributed by atoms with Gasteiger partial charge in [-0.15, -0.1) is 0 Å². The molecule has 0 unspecified atom stereocenters. The molecule has 0 aliphatic rings. The lowest BCUT2D eigenvalue weighted by Crippen LogP contribution is -2.38. The van der Waals surface area contributed by atoms with Crippen molar-refractivity contribution in [1.29, 1.82) is 0 Å². The van der Waals surface area contributed by atoms with Gasteiger partial charge >= 0.3 is 5.97 Å². The number of nitrogens with zero attached hydrogens (tertiary/aromatic N) is 1. The average Bonchev–Trinajstić information content (AvgIpc) is 2.11. The van der Waals surface area contributed by atoms with Gasteiger partial charge in [0.25, 0.3) is 0 Å². The fourth-order valence-electron chi connectivity index (χ4n) is 1.27. The first-order valence-corrected chi connectivity index (χ1v) is 6.63. The third-order valence-corrected chi connectivity index (χ3v) is 4.12. The summed E-state index contributed by atoms with van der Waals surface area (Å²) in [6.07, 6.45) is 0.356. The van der Waals surface area contributed by atoms with E-state index in [0.717, 1.165) is 0 Å². The summed E-state index contributed by atoms with van der Waals surface area (Å²) in [6.45, 7) is 5.43. The molecule has 6 heteroatoms. The molecule has 0 spiro atoms. The molecule has 0 saturated carbocycles. The SMILES string of the molecule is CCS(=O)(=O)N(CCCC(=O)O)C(C)C. The quantitative estimate of drug-likeness (QED) is 0.714. The highest BCUT2D eigenvalue weighted by Gasteiger charge is 2.22. The monoisotopic (exact) mass is 237 g/mol. The molecule has 1 N–H and O–H groups in total. The minimum atomic E-state index is -3.22. The number of carbonyl (C=O) groups is 1. The molecular formula is C9H19NO4S. The van der Waals surface area contributed by atoms with E-state index < -0.39 is 16.0 Å². The van der Waals surface area contributed by atoms with Crippen LogP contribution in [-0.4, -0.2) is 42.1 Å². The van der Waals surface area contributed by atoms with Crippen molar-refractivity contribution in [3.05, 3.63) is 0 Å². The Hall–Kier alpha value is -0.620. The Morgan fingerprint density at radius 2 is 1.93 bits per heavy atom. The van der Waals surface area contributed by atoms with E-state index >= 15 is 0 Å². The van der Waals surface area contributed by atoms with Gasteiger partial charge in [0.2, 0.25) is 10.0 Å². The summed E-state index contributed by atoms with van der Waals surface area (Å²) in [5.41, 5.74) is 0. The summed E-state index contributed by atoms with van der Waals surface area (Å²) >= 11 is 0. The standard InChI is InChI=1S/C9H19NO4S/c1-4-15(13,14)10(8(2)3)7-5-6-9(11)12/h8H,4-7H2,1-3H3,(H,11,12). The van der Waals surface area contributed by atoms with Crippen molar-refractivity contribution in [2.45, 2.75) is 39.7 Å². The van der Waals surface area contributed by atoms with Crippen molar-refractivity contribution >= 4 is 16.0 Å². The highest BCUT2D eigenvalue weighted by molar-refractivity contribution is 7.89. The molecule has 0 aromatic heterocycles. The number of carboxylic acids is 1. The number of rotatable bonds is 7. The molecule has 0 atom stereocenters. The Morgan fingerprint density at radius 3 is 2.27 bits per heavy atom. The zero-order valence-electron chi connectivity index (χ0n) is 9.43. The number of hydrogen-bond acceptors (Lipinski definition) is 3. The van der Waals surface area contributed by atoms with Crippen LogP contribution in [0.4, 0.5) is 0 Å². The minimum Gasteiger partial charge on any atom is -0.481 e. The normalized spacial score (nSPS) is 12.3. The first kappa shape index (κ1) is 14.4. The summed E-state index contributed by atoms with van der Waals surface area (Å²) in [7, 11) is -3.22. The Labute approximate surface area is 91.1 Å². The van der Waals surface area contributed by atoms with E-state index in [1.807, 2.05) is 0 Å². The van der Waals surface area contributed by atoms with E-state index in [0.29, 0.717) is 6.42 Å². The van der Waals surface area contributed by atoms with Crippen molar-refractivity contribution in [3.63, 3.8) is 0 Å². The molecule has 0 aromatic carbocycles. The molecule has 0 fully saturated rings. The van der Waals surface area contributed by atoms with Gasteiger partial charge in [-0.3, -0.25) is 4.79 Å². The topological polar surface area (TPSA) is 74.7 Å². The van der Waals surface area contributed by atoms with E-state index in [4.69, 9.17) is 5.11 Å². The minimum absolute atomic E-state index is 0.00243. The maximum absolute atomic E-state index is 11.6. The third-order valence-electron chi connectivity index (χ3n) is 2.07. The van der Waals surface area contributed by atoms with Crippen LogP contribution in [0.15, 0.2) is 0 Å². The maximum atomic E-state index is 11.6. The van der Waals surface area contributed by atoms with Gasteiger partial charge in [0, 0.05) is 19.0 Å². The molecule has 0 rings (SSSR count). The van der Waals surface area contributed by atoms with Crippen molar-refractivity contribution < 1.29 is 18.3 Å². The van der Waals surface area contributed by atoms with Crippen LogP contribution in [-0.2, 0) is 14.8 Å². The van der Waals surface area contributed by atoms with Gasteiger partial charge in [0.1, 0.15) is 0 Å². The molecule has 15 heavy (non-hydrogen) atoms. The van der Waals surface area contributed by atoms with E-state index in [1.165, 1.54) is 4.31 Å². The number of carboxylic acid groups (broad SMARTS) is 1.